The minimum Gasteiger partial charge on any atom is -0.342 e. The summed E-state index contributed by atoms with van der Waals surface area (Å²) < 4.78 is 15.3. The molecule has 168 valence electrons. The number of hydrogen-bond donors (Lipinski definition) is 1. The van der Waals surface area contributed by atoms with Gasteiger partial charge in [-0.25, -0.2) is 14.1 Å². The highest BCUT2D eigenvalue weighted by Crippen LogP contribution is 2.27. The van der Waals surface area contributed by atoms with Gasteiger partial charge in [0.15, 0.2) is 0 Å². The molecule has 4 amide bonds. The van der Waals surface area contributed by atoms with Gasteiger partial charge in [-0.2, -0.15) is 0 Å². The fourth-order valence-corrected chi connectivity index (χ4v) is 4.05. The lowest BCUT2D eigenvalue weighted by Crippen LogP contribution is -2.54. The first kappa shape index (κ1) is 21.3. The molecule has 2 heterocycles. The third kappa shape index (κ3) is 3.88. The summed E-state index contributed by atoms with van der Waals surface area (Å²) in [4.78, 5) is 39.3. The second-order valence-corrected chi connectivity index (χ2v) is 8.15. The van der Waals surface area contributed by atoms with Gasteiger partial charge in [-0.15, -0.1) is 0 Å². The second-order valence-electron chi connectivity index (χ2n) is 8.15. The molecule has 1 N–H and O–H groups in total. The van der Waals surface area contributed by atoms with E-state index in [1.54, 1.807) is 36.4 Å². The summed E-state index contributed by atoms with van der Waals surface area (Å²) >= 11 is 0. The summed E-state index contributed by atoms with van der Waals surface area (Å²) in [5.74, 6) is -1.73. The molecule has 0 saturated carbocycles. The van der Waals surface area contributed by atoms with Crippen LogP contribution in [-0.2, 0) is 16.1 Å². The van der Waals surface area contributed by atoms with Gasteiger partial charge in [0.25, 0.3) is 11.8 Å². The van der Waals surface area contributed by atoms with Gasteiger partial charge in [0.2, 0.25) is 0 Å². The smallest absolute Gasteiger partial charge is 0.335 e. The van der Waals surface area contributed by atoms with Crippen LogP contribution in [0.1, 0.15) is 16.7 Å². The fourth-order valence-electron chi connectivity index (χ4n) is 4.05. The molecule has 0 spiro atoms. The zero-order valence-electron chi connectivity index (χ0n) is 18.3. The first-order chi connectivity index (χ1) is 16.4. The number of carbonyl (C=O) groups is 3. The van der Waals surface area contributed by atoms with Crippen LogP contribution in [-0.4, -0.2) is 22.4 Å². The predicted molar refractivity (Wildman–Crippen MR) is 128 cm³/mol. The molecule has 1 aliphatic heterocycles. The number of benzene rings is 3. The highest BCUT2D eigenvalue weighted by Gasteiger charge is 2.37. The molecule has 1 fully saturated rings. The summed E-state index contributed by atoms with van der Waals surface area (Å²) in [6, 6.07) is 20.0. The number of rotatable bonds is 4. The van der Waals surface area contributed by atoms with E-state index in [0.29, 0.717) is 17.8 Å². The number of halogens is 1. The summed E-state index contributed by atoms with van der Waals surface area (Å²) in [6.07, 6.45) is 3.35. The number of hydrogen-bond acceptors (Lipinski definition) is 3. The van der Waals surface area contributed by atoms with Crippen molar-refractivity contribution < 1.29 is 18.8 Å². The molecule has 6 nitrogen and oxygen atoms in total. The van der Waals surface area contributed by atoms with E-state index >= 15 is 0 Å². The first-order valence-corrected chi connectivity index (χ1v) is 10.7. The van der Waals surface area contributed by atoms with Crippen molar-refractivity contribution in [2.75, 3.05) is 4.90 Å². The summed E-state index contributed by atoms with van der Waals surface area (Å²) in [5.41, 5.74) is 3.69. The van der Waals surface area contributed by atoms with E-state index in [2.05, 4.69) is 5.32 Å². The van der Waals surface area contributed by atoms with Gasteiger partial charge in [0.1, 0.15) is 11.4 Å². The minimum absolute atomic E-state index is 0.134. The number of urea groups is 1. The van der Waals surface area contributed by atoms with Crippen LogP contribution < -0.4 is 10.2 Å². The van der Waals surface area contributed by atoms with Crippen LogP contribution in [0.5, 0.6) is 0 Å². The number of imide groups is 2. The minimum atomic E-state index is -0.783. The summed E-state index contributed by atoms with van der Waals surface area (Å²) in [7, 11) is 0. The number of aryl methyl sites for hydroxylation is 1. The van der Waals surface area contributed by atoms with E-state index in [1.165, 1.54) is 18.2 Å². The lowest BCUT2D eigenvalue weighted by molar-refractivity contribution is -0.122. The van der Waals surface area contributed by atoms with Crippen molar-refractivity contribution >= 4 is 40.5 Å². The highest BCUT2D eigenvalue weighted by molar-refractivity contribution is 6.39. The first-order valence-electron chi connectivity index (χ1n) is 10.7. The molecule has 0 bridgehead atoms. The molecule has 0 radical (unpaired) electrons. The molecule has 1 saturated heterocycles. The standard InChI is InChI=1S/C27H20FN3O3/c1-17-6-12-21(13-7-17)31-26(33)23(25(32)29-27(31)34)14-19-16-30(24-5-3-2-4-22(19)24)15-18-8-10-20(28)11-9-18/h2-14,16H,15H2,1H3,(H,29,32,34). The van der Waals surface area contributed by atoms with E-state index in [4.69, 9.17) is 0 Å². The van der Waals surface area contributed by atoms with E-state index in [9.17, 15) is 18.8 Å². The third-order valence-corrected chi connectivity index (χ3v) is 5.78. The van der Waals surface area contributed by atoms with Crippen molar-refractivity contribution in [1.29, 1.82) is 0 Å². The van der Waals surface area contributed by atoms with Crippen molar-refractivity contribution in [3.63, 3.8) is 0 Å². The van der Waals surface area contributed by atoms with Crippen LogP contribution in [0.25, 0.3) is 17.0 Å². The van der Waals surface area contributed by atoms with Crippen molar-refractivity contribution in [1.82, 2.24) is 9.88 Å². The maximum Gasteiger partial charge on any atom is 0.335 e. The fraction of sp³-hybridized carbons (Fsp3) is 0.0741. The molecule has 4 aromatic rings. The third-order valence-electron chi connectivity index (χ3n) is 5.78. The molecule has 0 unspecified atom stereocenters. The Bertz CT molecular complexity index is 1470. The molecule has 3 aromatic carbocycles. The van der Waals surface area contributed by atoms with Crippen LogP contribution in [0.4, 0.5) is 14.9 Å². The normalized spacial score (nSPS) is 15.3. The Balaban J connectivity index is 1.56. The Morgan fingerprint density at radius 1 is 0.912 bits per heavy atom. The number of nitrogens with one attached hydrogen (secondary N) is 1. The monoisotopic (exact) mass is 453 g/mol. The Hall–Kier alpha value is -4.52. The van der Waals surface area contributed by atoms with Crippen molar-refractivity contribution in [2.45, 2.75) is 13.5 Å². The second kappa shape index (κ2) is 8.44. The van der Waals surface area contributed by atoms with Gasteiger partial charge >= 0.3 is 6.03 Å². The number of aromatic nitrogens is 1. The largest absolute Gasteiger partial charge is 0.342 e. The number of amides is 4. The van der Waals surface area contributed by atoms with Crippen molar-refractivity contribution in [3.8, 4) is 0 Å². The van der Waals surface area contributed by atoms with Gasteiger partial charge < -0.3 is 4.57 Å². The average molecular weight is 453 g/mol. The van der Waals surface area contributed by atoms with Crippen LogP contribution in [0.15, 0.2) is 84.6 Å². The Kier molecular flexibility index (Phi) is 5.30. The average Bonchev–Trinajstić information content (AvgIpc) is 3.16. The molecular weight excluding hydrogens is 433 g/mol. The zero-order chi connectivity index (χ0) is 23.8. The van der Waals surface area contributed by atoms with E-state index in [1.807, 2.05) is 42.0 Å². The van der Waals surface area contributed by atoms with Gasteiger partial charge in [0, 0.05) is 29.2 Å². The molecule has 1 aromatic heterocycles. The molecule has 34 heavy (non-hydrogen) atoms. The molecule has 0 atom stereocenters. The quantitative estimate of drug-likeness (QED) is 0.356. The van der Waals surface area contributed by atoms with Gasteiger partial charge in [-0.3, -0.25) is 14.9 Å². The molecule has 1 aliphatic rings. The zero-order valence-corrected chi connectivity index (χ0v) is 18.3. The van der Waals surface area contributed by atoms with Crippen LogP contribution in [0.2, 0.25) is 0 Å². The molecule has 5 rings (SSSR count). The molecule has 0 aliphatic carbocycles. The number of carbonyl (C=O) groups excluding carboxylic acids is 3. The van der Waals surface area contributed by atoms with E-state index < -0.39 is 17.8 Å². The van der Waals surface area contributed by atoms with E-state index in [0.717, 1.165) is 26.9 Å². The number of barbiturate groups is 1. The number of nitrogens with zero attached hydrogens (tertiary/aromatic N) is 2. The molecule has 7 heteroatoms. The Labute approximate surface area is 194 Å². The van der Waals surface area contributed by atoms with Crippen LogP contribution in [0.3, 0.4) is 0 Å². The van der Waals surface area contributed by atoms with Crippen molar-refractivity contribution in [2.24, 2.45) is 0 Å². The van der Waals surface area contributed by atoms with Gasteiger partial charge in [-0.1, -0.05) is 48.0 Å². The highest BCUT2D eigenvalue weighted by atomic mass is 19.1. The van der Waals surface area contributed by atoms with Gasteiger partial charge in [-0.05, 0) is 48.9 Å². The number of anilines is 1. The van der Waals surface area contributed by atoms with Crippen molar-refractivity contribution in [3.05, 3.63) is 107 Å². The topological polar surface area (TPSA) is 71.4 Å². The summed E-state index contributed by atoms with van der Waals surface area (Å²) in [6.45, 7) is 2.39. The lowest BCUT2D eigenvalue weighted by Gasteiger charge is -2.26. The number of para-hydroxylation sites is 1. The molecular formula is C27H20FN3O3. The summed E-state index contributed by atoms with van der Waals surface area (Å²) in [5, 5.41) is 3.10. The van der Waals surface area contributed by atoms with Crippen LogP contribution in [0, 0.1) is 12.7 Å². The van der Waals surface area contributed by atoms with Crippen LogP contribution >= 0.6 is 0 Å². The predicted octanol–water partition coefficient (Wildman–Crippen LogP) is 4.80. The Morgan fingerprint density at radius 2 is 1.62 bits per heavy atom. The maximum absolute atomic E-state index is 13.3. The number of fused-ring (bicyclic) bond motifs is 1. The van der Waals surface area contributed by atoms with Gasteiger partial charge in [0.05, 0.1) is 5.69 Å². The maximum atomic E-state index is 13.3. The Morgan fingerprint density at radius 3 is 2.35 bits per heavy atom. The van der Waals surface area contributed by atoms with E-state index in [-0.39, 0.29) is 11.4 Å². The lowest BCUT2D eigenvalue weighted by atomic mass is 10.1. The SMILES string of the molecule is Cc1ccc(N2C(=O)NC(=O)C(=Cc3cn(Cc4ccc(F)cc4)c4ccccc34)C2=O)cc1.